The zero-order chi connectivity index (χ0) is 18.8. The van der Waals surface area contributed by atoms with Crippen LogP contribution < -0.4 is 20.1 Å². The standard InChI is InChI=1S/C21H22N2O4/c1-13(16-6-9-18-19(12-16)27-11-10-26-18)22-20(24)15-4-7-17(8-5-15)23-21(25)14-2-3-14/h4-9,12-14H,2-3,10-11H2,1H3,(H,22,24)(H,23,25). The highest BCUT2D eigenvalue weighted by Gasteiger charge is 2.29. The molecule has 1 saturated carbocycles. The van der Waals surface area contributed by atoms with E-state index in [0.717, 1.165) is 24.2 Å². The molecule has 6 nitrogen and oxygen atoms in total. The van der Waals surface area contributed by atoms with Gasteiger partial charge in [0, 0.05) is 17.2 Å². The molecule has 2 aromatic rings. The van der Waals surface area contributed by atoms with Crippen molar-refractivity contribution < 1.29 is 19.1 Å². The normalized spacial score (nSPS) is 16.3. The lowest BCUT2D eigenvalue weighted by molar-refractivity contribution is -0.117. The molecule has 6 heteroatoms. The maximum Gasteiger partial charge on any atom is 0.251 e. The molecule has 2 aliphatic rings. The van der Waals surface area contributed by atoms with Crippen molar-refractivity contribution in [3.05, 3.63) is 53.6 Å². The molecule has 0 bridgehead atoms. The second-order valence-electron chi connectivity index (χ2n) is 6.94. The van der Waals surface area contributed by atoms with Crippen molar-refractivity contribution in [3.63, 3.8) is 0 Å². The van der Waals surface area contributed by atoms with Crippen molar-refractivity contribution in [2.75, 3.05) is 18.5 Å². The van der Waals surface area contributed by atoms with E-state index in [0.29, 0.717) is 30.2 Å². The van der Waals surface area contributed by atoms with Gasteiger partial charge in [-0.2, -0.15) is 0 Å². The Kier molecular flexibility index (Phi) is 4.71. The van der Waals surface area contributed by atoms with Crippen molar-refractivity contribution >= 4 is 17.5 Å². The molecule has 140 valence electrons. The fourth-order valence-electron chi connectivity index (χ4n) is 2.99. The molecule has 2 amide bonds. The predicted octanol–water partition coefficient (Wildman–Crippen LogP) is 3.30. The molecule has 0 saturated heterocycles. The van der Waals surface area contributed by atoms with Gasteiger partial charge in [-0.25, -0.2) is 0 Å². The van der Waals surface area contributed by atoms with Crippen molar-refractivity contribution in [3.8, 4) is 11.5 Å². The van der Waals surface area contributed by atoms with E-state index in [1.165, 1.54) is 0 Å². The van der Waals surface area contributed by atoms with E-state index < -0.39 is 0 Å². The van der Waals surface area contributed by atoms with E-state index >= 15 is 0 Å². The summed E-state index contributed by atoms with van der Waals surface area (Å²) < 4.78 is 11.1. The summed E-state index contributed by atoms with van der Waals surface area (Å²) in [6.07, 6.45) is 1.92. The second kappa shape index (κ2) is 7.31. The molecule has 1 heterocycles. The zero-order valence-corrected chi connectivity index (χ0v) is 15.2. The van der Waals surface area contributed by atoms with Crippen LogP contribution in [0.5, 0.6) is 11.5 Å². The third-order valence-electron chi connectivity index (χ3n) is 4.78. The average molecular weight is 366 g/mol. The first kappa shape index (κ1) is 17.4. The molecular weight excluding hydrogens is 344 g/mol. The number of ether oxygens (including phenoxy) is 2. The summed E-state index contributed by atoms with van der Waals surface area (Å²) in [6, 6.07) is 12.5. The third kappa shape index (κ3) is 4.05. The number of rotatable bonds is 5. The molecule has 0 spiro atoms. The molecule has 27 heavy (non-hydrogen) atoms. The Bertz CT molecular complexity index is 859. The molecule has 0 aromatic heterocycles. The lowest BCUT2D eigenvalue weighted by Gasteiger charge is -2.21. The van der Waals surface area contributed by atoms with E-state index in [-0.39, 0.29) is 23.8 Å². The summed E-state index contributed by atoms with van der Waals surface area (Å²) in [4.78, 5) is 24.3. The van der Waals surface area contributed by atoms with Gasteiger partial charge in [0.2, 0.25) is 5.91 Å². The van der Waals surface area contributed by atoms with Crippen LogP contribution in [-0.4, -0.2) is 25.0 Å². The van der Waals surface area contributed by atoms with E-state index in [2.05, 4.69) is 10.6 Å². The Labute approximate surface area is 157 Å². The van der Waals surface area contributed by atoms with Crippen LogP contribution in [-0.2, 0) is 4.79 Å². The van der Waals surface area contributed by atoms with E-state index in [9.17, 15) is 9.59 Å². The van der Waals surface area contributed by atoms with Crippen molar-refractivity contribution in [1.82, 2.24) is 5.32 Å². The van der Waals surface area contributed by atoms with Gasteiger partial charge in [-0.3, -0.25) is 9.59 Å². The lowest BCUT2D eigenvalue weighted by Crippen LogP contribution is -2.27. The fraction of sp³-hybridized carbons (Fsp3) is 0.333. The molecule has 2 aromatic carbocycles. The zero-order valence-electron chi connectivity index (χ0n) is 15.2. The number of carbonyl (C=O) groups is 2. The van der Waals surface area contributed by atoms with Crippen LogP contribution >= 0.6 is 0 Å². The minimum atomic E-state index is -0.178. The number of benzene rings is 2. The molecule has 1 aliphatic heterocycles. The van der Waals surface area contributed by atoms with Crippen LogP contribution in [0.4, 0.5) is 5.69 Å². The minimum Gasteiger partial charge on any atom is -0.486 e. The van der Waals surface area contributed by atoms with Crippen molar-refractivity contribution in [2.45, 2.75) is 25.8 Å². The number of anilines is 1. The molecule has 1 unspecified atom stereocenters. The van der Waals surface area contributed by atoms with Gasteiger partial charge >= 0.3 is 0 Å². The van der Waals surface area contributed by atoms with Crippen LogP contribution in [0.1, 0.15) is 41.7 Å². The molecule has 4 rings (SSSR count). The topological polar surface area (TPSA) is 76.7 Å². The highest BCUT2D eigenvalue weighted by molar-refractivity contribution is 5.97. The molecular formula is C21H22N2O4. The number of carbonyl (C=O) groups excluding carboxylic acids is 2. The van der Waals surface area contributed by atoms with Crippen LogP contribution in [0.15, 0.2) is 42.5 Å². The van der Waals surface area contributed by atoms with Gasteiger partial charge in [0.1, 0.15) is 13.2 Å². The Morgan fingerprint density at radius 3 is 2.41 bits per heavy atom. The molecule has 1 atom stereocenters. The quantitative estimate of drug-likeness (QED) is 0.851. The number of hydrogen-bond acceptors (Lipinski definition) is 4. The van der Waals surface area contributed by atoms with Gasteiger partial charge in [0.05, 0.1) is 6.04 Å². The summed E-state index contributed by atoms with van der Waals surface area (Å²) in [5.74, 6) is 1.47. The Balaban J connectivity index is 1.38. The summed E-state index contributed by atoms with van der Waals surface area (Å²) >= 11 is 0. The van der Waals surface area contributed by atoms with Crippen LogP contribution in [0.3, 0.4) is 0 Å². The second-order valence-corrected chi connectivity index (χ2v) is 6.94. The van der Waals surface area contributed by atoms with E-state index in [1.54, 1.807) is 24.3 Å². The maximum atomic E-state index is 12.5. The summed E-state index contributed by atoms with van der Waals surface area (Å²) in [6.45, 7) is 3.00. The molecule has 1 aliphatic carbocycles. The number of hydrogen-bond donors (Lipinski definition) is 2. The smallest absolute Gasteiger partial charge is 0.251 e. The van der Waals surface area contributed by atoms with E-state index in [1.807, 2.05) is 25.1 Å². The third-order valence-corrected chi connectivity index (χ3v) is 4.78. The Hall–Kier alpha value is -3.02. The number of nitrogens with one attached hydrogen (secondary N) is 2. The summed E-state index contributed by atoms with van der Waals surface area (Å²) in [5.41, 5.74) is 2.20. The summed E-state index contributed by atoms with van der Waals surface area (Å²) in [7, 11) is 0. The fourth-order valence-corrected chi connectivity index (χ4v) is 2.99. The van der Waals surface area contributed by atoms with Crippen LogP contribution in [0.25, 0.3) is 0 Å². The molecule has 1 fully saturated rings. The average Bonchev–Trinajstić information content (AvgIpc) is 3.53. The SMILES string of the molecule is CC(NC(=O)c1ccc(NC(=O)C2CC2)cc1)c1ccc2c(c1)OCCO2. The highest BCUT2D eigenvalue weighted by atomic mass is 16.6. The summed E-state index contributed by atoms with van der Waals surface area (Å²) in [5, 5.41) is 5.85. The van der Waals surface area contributed by atoms with Gasteiger partial charge in [0.15, 0.2) is 11.5 Å². The molecule has 0 radical (unpaired) electrons. The first-order valence-corrected chi connectivity index (χ1v) is 9.21. The largest absolute Gasteiger partial charge is 0.486 e. The van der Waals surface area contributed by atoms with Gasteiger partial charge in [-0.1, -0.05) is 6.07 Å². The Morgan fingerprint density at radius 1 is 1.00 bits per heavy atom. The van der Waals surface area contributed by atoms with Gasteiger partial charge in [0.25, 0.3) is 5.91 Å². The minimum absolute atomic E-state index is 0.0550. The maximum absolute atomic E-state index is 12.5. The Morgan fingerprint density at radius 2 is 1.70 bits per heavy atom. The van der Waals surface area contributed by atoms with E-state index in [4.69, 9.17) is 9.47 Å². The molecule has 2 N–H and O–H groups in total. The van der Waals surface area contributed by atoms with Gasteiger partial charge < -0.3 is 20.1 Å². The van der Waals surface area contributed by atoms with Gasteiger partial charge in [-0.05, 0) is 61.7 Å². The highest BCUT2D eigenvalue weighted by Crippen LogP contribution is 2.33. The first-order valence-electron chi connectivity index (χ1n) is 9.21. The van der Waals surface area contributed by atoms with Crippen LogP contribution in [0.2, 0.25) is 0 Å². The van der Waals surface area contributed by atoms with Crippen molar-refractivity contribution in [1.29, 1.82) is 0 Å². The number of fused-ring (bicyclic) bond motifs is 1. The number of amides is 2. The lowest BCUT2D eigenvalue weighted by atomic mass is 10.1. The van der Waals surface area contributed by atoms with Crippen molar-refractivity contribution in [2.24, 2.45) is 5.92 Å². The predicted molar refractivity (Wildman–Crippen MR) is 101 cm³/mol. The first-order chi connectivity index (χ1) is 13.1. The van der Waals surface area contributed by atoms with Crippen LogP contribution in [0, 0.1) is 5.92 Å². The monoisotopic (exact) mass is 366 g/mol. The van der Waals surface area contributed by atoms with Gasteiger partial charge in [-0.15, -0.1) is 0 Å².